The van der Waals surface area contributed by atoms with Gasteiger partial charge in [-0.25, -0.2) is 0 Å². The Balaban J connectivity index is -0.000000605. The van der Waals surface area contributed by atoms with Crippen molar-refractivity contribution in [3.63, 3.8) is 0 Å². The SMILES string of the molecule is CC(C)(CC(=O)[C-]=O)C(F)(F)F.[Na+].[OH-]. The number of hydrogen-bond acceptors (Lipinski definition) is 3. The van der Waals surface area contributed by atoms with Crippen LogP contribution in [-0.2, 0) is 9.59 Å². The van der Waals surface area contributed by atoms with Gasteiger partial charge < -0.3 is 15.1 Å². The summed E-state index contributed by atoms with van der Waals surface area (Å²) < 4.78 is 36.1. The molecule has 0 bridgehead atoms. The molecule has 0 fully saturated rings. The van der Waals surface area contributed by atoms with Crippen LogP contribution in [0.15, 0.2) is 0 Å². The van der Waals surface area contributed by atoms with E-state index >= 15 is 0 Å². The molecular formula is C7H9F3NaO3-. The Morgan fingerprint density at radius 1 is 1.29 bits per heavy atom. The fourth-order valence-corrected chi connectivity index (χ4v) is 0.538. The average Bonchev–Trinajstić information content (AvgIpc) is 1.84. The maximum absolute atomic E-state index is 12.0. The summed E-state index contributed by atoms with van der Waals surface area (Å²) in [6, 6.07) is 0. The summed E-state index contributed by atoms with van der Waals surface area (Å²) in [5.41, 5.74) is -2.15. The molecule has 0 amide bonds. The van der Waals surface area contributed by atoms with Crippen molar-refractivity contribution >= 4 is 12.1 Å². The number of carbonyl (C=O) groups excluding carboxylic acids is 2. The van der Waals surface area contributed by atoms with E-state index in [9.17, 15) is 22.8 Å². The predicted molar refractivity (Wildman–Crippen MR) is 37.1 cm³/mol. The Morgan fingerprint density at radius 2 is 1.64 bits per heavy atom. The summed E-state index contributed by atoms with van der Waals surface area (Å²) in [5, 5.41) is 0. The van der Waals surface area contributed by atoms with E-state index in [0.717, 1.165) is 20.1 Å². The number of halogens is 3. The molecule has 0 rings (SSSR count). The van der Waals surface area contributed by atoms with Gasteiger partial charge in [-0.05, 0) is 6.42 Å². The Hall–Kier alpha value is 0.0900. The molecule has 0 unspecified atom stereocenters. The summed E-state index contributed by atoms with van der Waals surface area (Å²) >= 11 is 0. The number of alkyl halides is 3. The second kappa shape index (κ2) is 6.55. The van der Waals surface area contributed by atoms with Crippen molar-refractivity contribution in [1.82, 2.24) is 0 Å². The van der Waals surface area contributed by atoms with Crippen molar-refractivity contribution in [1.29, 1.82) is 0 Å². The standard InChI is InChI=1S/C7H8F3O2.Na.H2O/c1-6(2,7(8,9)10)3-5(12)4-11;;/h3H2,1-2H3;;1H2/q-1;+1;/p-1. The van der Waals surface area contributed by atoms with Crippen LogP contribution in [0.3, 0.4) is 0 Å². The van der Waals surface area contributed by atoms with Gasteiger partial charge in [0.15, 0.2) is 0 Å². The van der Waals surface area contributed by atoms with Gasteiger partial charge in [-0.15, -0.1) is 0 Å². The molecule has 14 heavy (non-hydrogen) atoms. The van der Waals surface area contributed by atoms with Crippen LogP contribution in [0, 0.1) is 5.41 Å². The summed E-state index contributed by atoms with van der Waals surface area (Å²) in [7, 11) is 0. The first-order valence-electron chi connectivity index (χ1n) is 3.18. The molecule has 3 nitrogen and oxygen atoms in total. The van der Waals surface area contributed by atoms with Gasteiger partial charge in [0.05, 0.1) is 5.41 Å². The molecule has 0 saturated heterocycles. The molecule has 7 heteroatoms. The normalized spacial score (nSPS) is 10.9. The van der Waals surface area contributed by atoms with Crippen molar-refractivity contribution in [3.05, 3.63) is 0 Å². The minimum absolute atomic E-state index is 0. The Morgan fingerprint density at radius 3 is 1.86 bits per heavy atom. The molecule has 0 atom stereocenters. The number of carbonyl (C=O) groups is 1. The fraction of sp³-hybridized carbons (Fsp3) is 0.714. The molecule has 0 aliphatic heterocycles. The van der Waals surface area contributed by atoms with Crippen LogP contribution in [0.1, 0.15) is 20.3 Å². The molecule has 0 heterocycles. The number of hydrogen-bond donors (Lipinski definition) is 0. The molecule has 78 valence electrons. The van der Waals surface area contributed by atoms with E-state index in [1.165, 1.54) is 0 Å². The van der Waals surface area contributed by atoms with Gasteiger partial charge in [-0.2, -0.15) is 19.5 Å². The minimum atomic E-state index is -4.47. The molecule has 0 aromatic carbocycles. The van der Waals surface area contributed by atoms with Gasteiger partial charge in [0, 0.05) is 5.78 Å². The van der Waals surface area contributed by atoms with E-state index in [1.54, 1.807) is 0 Å². The van der Waals surface area contributed by atoms with Crippen LogP contribution in [-0.4, -0.2) is 23.7 Å². The van der Waals surface area contributed by atoms with E-state index in [-0.39, 0.29) is 35.0 Å². The largest absolute Gasteiger partial charge is 1.00 e. The zero-order chi connectivity index (χ0) is 9.99. The molecular weight excluding hydrogens is 212 g/mol. The van der Waals surface area contributed by atoms with Crippen LogP contribution >= 0.6 is 0 Å². The van der Waals surface area contributed by atoms with Gasteiger partial charge >= 0.3 is 35.7 Å². The fourth-order valence-electron chi connectivity index (χ4n) is 0.538. The Labute approximate surface area is 102 Å². The van der Waals surface area contributed by atoms with Gasteiger partial charge in [0.2, 0.25) is 0 Å². The summed E-state index contributed by atoms with van der Waals surface area (Å²) in [4.78, 5) is 20.0. The quantitative estimate of drug-likeness (QED) is 0.330. The van der Waals surface area contributed by atoms with E-state index in [1.807, 2.05) is 0 Å². The summed E-state index contributed by atoms with van der Waals surface area (Å²) in [5.74, 6) is -1.16. The van der Waals surface area contributed by atoms with Crippen molar-refractivity contribution in [2.45, 2.75) is 26.4 Å². The topological polar surface area (TPSA) is 64.1 Å². The zero-order valence-electron chi connectivity index (χ0n) is 8.10. The van der Waals surface area contributed by atoms with E-state index in [4.69, 9.17) is 0 Å². The Kier molecular flexibility index (Phi) is 9.19. The molecule has 0 aliphatic rings. The van der Waals surface area contributed by atoms with Gasteiger partial charge in [-0.1, -0.05) is 13.8 Å². The second-order valence-corrected chi connectivity index (χ2v) is 3.08. The molecule has 0 aromatic heterocycles. The van der Waals surface area contributed by atoms with Gasteiger partial charge in [0.1, 0.15) is 0 Å². The first-order valence-corrected chi connectivity index (χ1v) is 3.18. The molecule has 1 N–H and O–H groups in total. The van der Waals surface area contributed by atoms with E-state index in [0.29, 0.717) is 0 Å². The van der Waals surface area contributed by atoms with E-state index < -0.39 is 23.8 Å². The van der Waals surface area contributed by atoms with Crippen molar-refractivity contribution in [2.24, 2.45) is 5.41 Å². The molecule has 0 aromatic rings. The van der Waals surface area contributed by atoms with Crippen LogP contribution in [0.5, 0.6) is 0 Å². The Bertz CT molecular complexity index is 201. The number of Topliss-reactive ketones (excluding diaryl/α,β-unsaturated/α-hetero) is 1. The second-order valence-electron chi connectivity index (χ2n) is 3.08. The number of ketones is 1. The third kappa shape index (κ3) is 5.74. The third-order valence-corrected chi connectivity index (χ3v) is 1.48. The van der Waals surface area contributed by atoms with E-state index in [2.05, 4.69) is 0 Å². The summed E-state index contributed by atoms with van der Waals surface area (Å²) in [6.07, 6.45) is -4.42. The minimum Gasteiger partial charge on any atom is -0.870 e. The monoisotopic (exact) mass is 221 g/mol. The first kappa shape index (κ1) is 19.6. The van der Waals surface area contributed by atoms with Crippen molar-refractivity contribution in [3.8, 4) is 0 Å². The average molecular weight is 221 g/mol. The molecule has 0 spiro atoms. The number of rotatable bonds is 3. The molecule has 0 saturated carbocycles. The van der Waals surface area contributed by atoms with Crippen molar-refractivity contribution < 1.29 is 57.8 Å². The van der Waals surface area contributed by atoms with Crippen molar-refractivity contribution in [2.75, 3.05) is 0 Å². The van der Waals surface area contributed by atoms with Gasteiger partial charge in [-0.3, -0.25) is 0 Å². The maximum atomic E-state index is 12.0. The van der Waals surface area contributed by atoms with Crippen LogP contribution < -0.4 is 29.6 Å². The predicted octanol–water partition coefficient (Wildman–Crippen LogP) is -1.53. The van der Waals surface area contributed by atoms with Crippen LogP contribution in [0.4, 0.5) is 13.2 Å². The summed E-state index contributed by atoms with van der Waals surface area (Å²) in [6.45, 7) is 1.73. The maximum Gasteiger partial charge on any atom is 1.00 e. The van der Waals surface area contributed by atoms with Crippen LogP contribution in [0.25, 0.3) is 0 Å². The first-order chi connectivity index (χ1) is 5.20. The van der Waals surface area contributed by atoms with Gasteiger partial charge in [0.25, 0.3) is 0 Å². The molecule has 0 aliphatic carbocycles. The third-order valence-electron chi connectivity index (χ3n) is 1.48. The van der Waals surface area contributed by atoms with Crippen LogP contribution in [0.2, 0.25) is 0 Å². The smallest absolute Gasteiger partial charge is 0.870 e. The molecule has 0 radical (unpaired) electrons. The zero-order valence-corrected chi connectivity index (χ0v) is 10.1.